The smallest absolute Gasteiger partial charge is 0.149 e. The van der Waals surface area contributed by atoms with Crippen molar-refractivity contribution in [3.05, 3.63) is 53.1 Å². The molecule has 1 heterocycles. The zero-order valence-corrected chi connectivity index (χ0v) is 12.5. The van der Waals surface area contributed by atoms with Crippen molar-refractivity contribution in [2.45, 2.75) is 26.8 Å². The van der Waals surface area contributed by atoms with Crippen LogP contribution in [0.3, 0.4) is 0 Å². The van der Waals surface area contributed by atoms with Crippen LogP contribution >= 0.6 is 0 Å². The molecular formula is C16H21N3O. The van der Waals surface area contributed by atoms with Crippen LogP contribution in [-0.4, -0.2) is 23.6 Å². The van der Waals surface area contributed by atoms with E-state index in [1.807, 2.05) is 31.5 Å². The maximum atomic E-state index is 5.26. The Labute approximate surface area is 120 Å². The van der Waals surface area contributed by atoms with Gasteiger partial charge in [-0.3, -0.25) is 0 Å². The topological polar surface area (TPSA) is 47.0 Å². The summed E-state index contributed by atoms with van der Waals surface area (Å²) < 4.78 is 5.26. The van der Waals surface area contributed by atoms with Crippen molar-refractivity contribution in [1.82, 2.24) is 15.3 Å². The number of rotatable bonds is 5. The van der Waals surface area contributed by atoms with E-state index in [1.54, 1.807) is 7.11 Å². The molecule has 0 fully saturated rings. The van der Waals surface area contributed by atoms with Crippen molar-refractivity contribution in [2.75, 3.05) is 13.7 Å². The molecule has 20 heavy (non-hydrogen) atoms. The lowest BCUT2D eigenvalue weighted by atomic mass is 10.00. The largest absolute Gasteiger partial charge is 0.497 e. The van der Waals surface area contributed by atoms with Gasteiger partial charge in [0.1, 0.15) is 11.6 Å². The minimum atomic E-state index is 0.00602. The third-order valence-electron chi connectivity index (χ3n) is 3.26. The van der Waals surface area contributed by atoms with Crippen LogP contribution in [0.4, 0.5) is 0 Å². The van der Waals surface area contributed by atoms with E-state index in [-0.39, 0.29) is 6.04 Å². The molecule has 106 valence electrons. The molecule has 1 aromatic heterocycles. The number of hydrogen-bond donors (Lipinski definition) is 1. The lowest BCUT2D eigenvalue weighted by Gasteiger charge is -2.19. The minimum absolute atomic E-state index is 0.00602. The first-order valence-corrected chi connectivity index (χ1v) is 6.82. The highest BCUT2D eigenvalue weighted by atomic mass is 16.5. The summed E-state index contributed by atoms with van der Waals surface area (Å²) >= 11 is 0. The van der Waals surface area contributed by atoms with E-state index in [1.165, 1.54) is 11.1 Å². The summed E-state index contributed by atoms with van der Waals surface area (Å²) in [5, 5.41) is 3.45. The maximum Gasteiger partial charge on any atom is 0.149 e. The van der Waals surface area contributed by atoms with Crippen molar-refractivity contribution in [3.63, 3.8) is 0 Å². The SMILES string of the molecule is CCNC(c1ncc(C)cn1)c1ccc(OC)cc1C. The van der Waals surface area contributed by atoms with E-state index in [4.69, 9.17) is 4.74 Å². The van der Waals surface area contributed by atoms with Gasteiger partial charge < -0.3 is 10.1 Å². The van der Waals surface area contributed by atoms with E-state index < -0.39 is 0 Å². The van der Waals surface area contributed by atoms with Gasteiger partial charge in [0.15, 0.2) is 0 Å². The Hall–Kier alpha value is -1.94. The van der Waals surface area contributed by atoms with Crippen molar-refractivity contribution < 1.29 is 4.74 Å². The number of hydrogen-bond acceptors (Lipinski definition) is 4. The number of methoxy groups -OCH3 is 1. The van der Waals surface area contributed by atoms with Crippen LogP contribution in [0, 0.1) is 13.8 Å². The third kappa shape index (κ3) is 3.14. The second kappa shape index (κ2) is 6.48. The summed E-state index contributed by atoms with van der Waals surface area (Å²) in [5.41, 5.74) is 3.41. The molecule has 0 aliphatic rings. The van der Waals surface area contributed by atoms with Gasteiger partial charge in [-0.15, -0.1) is 0 Å². The first-order valence-electron chi connectivity index (χ1n) is 6.82. The predicted octanol–water partition coefficient (Wildman–Crippen LogP) is 2.80. The molecule has 4 nitrogen and oxygen atoms in total. The van der Waals surface area contributed by atoms with Gasteiger partial charge in [-0.05, 0) is 49.2 Å². The molecule has 0 spiro atoms. The van der Waals surface area contributed by atoms with Gasteiger partial charge in [0.05, 0.1) is 13.2 Å². The van der Waals surface area contributed by atoms with Crippen molar-refractivity contribution in [1.29, 1.82) is 0 Å². The van der Waals surface area contributed by atoms with E-state index >= 15 is 0 Å². The van der Waals surface area contributed by atoms with Crippen LogP contribution in [0.5, 0.6) is 5.75 Å². The number of nitrogens with one attached hydrogen (secondary N) is 1. The van der Waals surface area contributed by atoms with Crippen LogP contribution in [0.15, 0.2) is 30.6 Å². The lowest BCUT2D eigenvalue weighted by molar-refractivity contribution is 0.414. The molecule has 1 unspecified atom stereocenters. The standard InChI is InChI=1S/C16H21N3O/c1-5-17-15(16-18-9-11(2)10-19-16)14-7-6-13(20-4)8-12(14)3/h6-10,15,17H,5H2,1-4H3. The highest BCUT2D eigenvalue weighted by Crippen LogP contribution is 2.25. The van der Waals surface area contributed by atoms with Crippen molar-refractivity contribution in [2.24, 2.45) is 0 Å². The molecule has 2 rings (SSSR count). The zero-order chi connectivity index (χ0) is 14.5. The molecule has 0 aliphatic heterocycles. The fourth-order valence-corrected chi connectivity index (χ4v) is 2.20. The average Bonchev–Trinajstić information content (AvgIpc) is 2.46. The van der Waals surface area contributed by atoms with Crippen LogP contribution in [0.25, 0.3) is 0 Å². The van der Waals surface area contributed by atoms with Crippen LogP contribution in [0.2, 0.25) is 0 Å². The monoisotopic (exact) mass is 271 g/mol. The quantitative estimate of drug-likeness (QED) is 0.908. The number of nitrogens with zero attached hydrogens (tertiary/aromatic N) is 2. The Balaban J connectivity index is 2.40. The molecule has 1 atom stereocenters. The van der Waals surface area contributed by atoms with Crippen LogP contribution in [-0.2, 0) is 0 Å². The molecule has 2 aromatic rings. The van der Waals surface area contributed by atoms with Gasteiger partial charge in [-0.1, -0.05) is 13.0 Å². The molecule has 4 heteroatoms. The Bertz CT molecular complexity index is 566. The Morgan fingerprint density at radius 2 is 1.90 bits per heavy atom. The normalized spacial score (nSPS) is 12.2. The molecular weight excluding hydrogens is 250 g/mol. The average molecular weight is 271 g/mol. The highest BCUT2D eigenvalue weighted by Gasteiger charge is 2.18. The van der Waals surface area contributed by atoms with E-state index in [2.05, 4.69) is 35.2 Å². The summed E-state index contributed by atoms with van der Waals surface area (Å²) in [7, 11) is 1.68. The summed E-state index contributed by atoms with van der Waals surface area (Å²) in [5.74, 6) is 1.66. The third-order valence-corrected chi connectivity index (χ3v) is 3.26. The number of ether oxygens (including phenoxy) is 1. The van der Waals surface area contributed by atoms with E-state index in [9.17, 15) is 0 Å². The number of aryl methyl sites for hydroxylation is 2. The summed E-state index contributed by atoms with van der Waals surface area (Å²) in [4.78, 5) is 8.90. The Morgan fingerprint density at radius 3 is 2.45 bits per heavy atom. The first kappa shape index (κ1) is 14.5. The molecule has 0 amide bonds. The Kier molecular flexibility index (Phi) is 4.69. The van der Waals surface area contributed by atoms with Crippen LogP contribution in [0.1, 0.15) is 35.5 Å². The molecule has 1 N–H and O–H groups in total. The van der Waals surface area contributed by atoms with Crippen molar-refractivity contribution in [3.8, 4) is 5.75 Å². The fraction of sp³-hybridized carbons (Fsp3) is 0.375. The van der Waals surface area contributed by atoms with E-state index in [0.717, 1.165) is 23.7 Å². The van der Waals surface area contributed by atoms with Gasteiger partial charge >= 0.3 is 0 Å². The fourth-order valence-electron chi connectivity index (χ4n) is 2.20. The predicted molar refractivity (Wildman–Crippen MR) is 80.0 cm³/mol. The molecule has 0 radical (unpaired) electrons. The molecule has 1 aromatic carbocycles. The van der Waals surface area contributed by atoms with Gasteiger partial charge in [0.2, 0.25) is 0 Å². The second-order valence-electron chi connectivity index (χ2n) is 4.83. The van der Waals surface area contributed by atoms with Gasteiger partial charge in [-0.2, -0.15) is 0 Å². The highest BCUT2D eigenvalue weighted by molar-refractivity contribution is 5.38. The van der Waals surface area contributed by atoms with Crippen molar-refractivity contribution >= 4 is 0 Å². The number of benzene rings is 1. The summed E-state index contributed by atoms with van der Waals surface area (Å²) in [6.07, 6.45) is 3.71. The maximum absolute atomic E-state index is 5.26. The van der Waals surface area contributed by atoms with Gasteiger partial charge in [0, 0.05) is 12.4 Å². The molecule has 0 saturated heterocycles. The van der Waals surface area contributed by atoms with Gasteiger partial charge in [-0.25, -0.2) is 9.97 Å². The summed E-state index contributed by atoms with van der Waals surface area (Å²) in [6.45, 7) is 7.01. The minimum Gasteiger partial charge on any atom is -0.497 e. The van der Waals surface area contributed by atoms with Gasteiger partial charge in [0.25, 0.3) is 0 Å². The second-order valence-corrected chi connectivity index (χ2v) is 4.83. The number of aromatic nitrogens is 2. The zero-order valence-electron chi connectivity index (χ0n) is 12.5. The lowest BCUT2D eigenvalue weighted by Crippen LogP contribution is -2.24. The Morgan fingerprint density at radius 1 is 1.20 bits per heavy atom. The molecule has 0 aliphatic carbocycles. The summed E-state index contributed by atoms with van der Waals surface area (Å²) in [6, 6.07) is 6.09. The molecule has 0 saturated carbocycles. The van der Waals surface area contributed by atoms with Crippen LogP contribution < -0.4 is 10.1 Å². The van der Waals surface area contributed by atoms with E-state index in [0.29, 0.717) is 0 Å². The first-order chi connectivity index (χ1) is 9.65. The molecule has 0 bridgehead atoms.